The third-order valence-corrected chi connectivity index (χ3v) is 19.4. The number of anilines is 3. The molecule has 16 nitrogen and oxygen atoms in total. The van der Waals surface area contributed by atoms with Gasteiger partial charge in [0.15, 0.2) is 17.3 Å². The molecule has 0 unspecified atom stereocenters. The van der Waals surface area contributed by atoms with Crippen LogP contribution in [0.1, 0.15) is 149 Å². The topological polar surface area (TPSA) is 257 Å². The van der Waals surface area contributed by atoms with Crippen molar-refractivity contribution in [3.8, 4) is 0 Å². The highest BCUT2D eigenvalue weighted by Crippen LogP contribution is 2.41. The molecule has 3 aliphatic rings. The lowest BCUT2D eigenvalue weighted by Crippen LogP contribution is -2.41. The first kappa shape index (κ1) is 75.2. The molecule has 3 aliphatic carbocycles. The van der Waals surface area contributed by atoms with Gasteiger partial charge >= 0.3 is 0 Å². The van der Waals surface area contributed by atoms with Crippen molar-refractivity contribution in [2.45, 2.75) is 153 Å². The SMILES string of the molecule is C[C@H](NC(=O)[C@@H]1CC[C@@H](c2ccccc2)C1)C(=O)CCc1cc(Cl)ccc1N.C[C@H](NC(=O)[C@@H]1CC[C@@H](c2ccccc2)C1)C(=O)CCc1cc(Cl)ccc1NS(C)(=O)=O.C[C@H](NC(=O)[C@@H]1CC[C@@H](c2ccccc2)C1)C(=O)CCc1cc(Cl)ccc1NS(C)(=O)=O.Cl. The molecule has 7 N–H and O–H groups in total. The van der Waals surface area contributed by atoms with Gasteiger partial charge in [0.05, 0.1) is 42.0 Å². The maximum Gasteiger partial charge on any atom is 0.229 e. The third kappa shape index (κ3) is 24.2. The second kappa shape index (κ2) is 35.6. The van der Waals surface area contributed by atoms with Crippen LogP contribution in [0.5, 0.6) is 0 Å². The van der Waals surface area contributed by atoms with E-state index in [9.17, 15) is 45.6 Å². The molecular weight excluding hydrogens is 1300 g/mol. The van der Waals surface area contributed by atoms with Gasteiger partial charge in [0.2, 0.25) is 37.8 Å². The number of rotatable bonds is 25. The second-order valence-electron chi connectivity index (χ2n) is 24.6. The molecule has 0 heterocycles. The van der Waals surface area contributed by atoms with Crippen molar-refractivity contribution in [2.24, 2.45) is 17.8 Å². The number of hydrogen-bond acceptors (Lipinski definition) is 11. The zero-order valence-electron chi connectivity index (χ0n) is 53.2. The van der Waals surface area contributed by atoms with Gasteiger partial charge in [-0.3, -0.25) is 38.2 Å². The Balaban J connectivity index is 0.000000221. The molecule has 3 fully saturated rings. The Labute approximate surface area is 569 Å². The van der Waals surface area contributed by atoms with E-state index in [-0.39, 0.29) is 78.1 Å². The maximum absolute atomic E-state index is 12.7. The summed E-state index contributed by atoms with van der Waals surface area (Å²) in [6.07, 6.45) is 11.8. The third-order valence-electron chi connectivity index (χ3n) is 17.5. The zero-order chi connectivity index (χ0) is 66.7. The van der Waals surface area contributed by atoms with Gasteiger partial charge in [-0.2, -0.15) is 0 Å². The number of aryl methyl sites for hydroxylation is 3. The van der Waals surface area contributed by atoms with Gasteiger partial charge in [0, 0.05) is 57.8 Å². The fraction of sp³-hybridized carbons (Fsp3) is 0.408. The first-order chi connectivity index (χ1) is 43.7. The number of carbonyl (C=O) groups excluding carboxylic acids is 6. The number of sulfonamides is 2. The Morgan fingerprint density at radius 2 is 0.710 bits per heavy atom. The fourth-order valence-electron chi connectivity index (χ4n) is 12.3. The Morgan fingerprint density at radius 1 is 0.430 bits per heavy atom. The van der Waals surface area contributed by atoms with Crippen LogP contribution in [-0.4, -0.2) is 82.5 Å². The molecule has 9 atom stereocenters. The summed E-state index contributed by atoms with van der Waals surface area (Å²) >= 11 is 18.1. The molecule has 22 heteroatoms. The van der Waals surface area contributed by atoms with E-state index >= 15 is 0 Å². The summed E-state index contributed by atoms with van der Waals surface area (Å²) in [7, 11) is -6.91. The smallest absolute Gasteiger partial charge is 0.229 e. The first-order valence-electron chi connectivity index (χ1n) is 31.4. The van der Waals surface area contributed by atoms with Crippen molar-refractivity contribution < 1.29 is 45.6 Å². The van der Waals surface area contributed by atoms with Gasteiger partial charge < -0.3 is 21.7 Å². The summed E-state index contributed by atoms with van der Waals surface area (Å²) in [5.74, 6) is 0.594. The molecule has 3 amide bonds. The lowest BCUT2D eigenvalue weighted by atomic mass is 9.96. The predicted octanol–water partition coefficient (Wildman–Crippen LogP) is 13.5. The zero-order valence-corrected chi connectivity index (χ0v) is 57.9. The van der Waals surface area contributed by atoms with Crippen molar-refractivity contribution in [3.63, 3.8) is 0 Å². The van der Waals surface area contributed by atoms with Crippen LogP contribution in [0.25, 0.3) is 0 Å². The quantitative estimate of drug-likeness (QED) is 0.0294. The van der Waals surface area contributed by atoms with Crippen LogP contribution in [0.2, 0.25) is 15.1 Å². The van der Waals surface area contributed by atoms with Crippen LogP contribution < -0.4 is 31.1 Å². The summed E-state index contributed by atoms with van der Waals surface area (Å²) in [5.41, 5.74) is 13.3. The Morgan fingerprint density at radius 3 is 1.01 bits per heavy atom. The fourth-order valence-corrected chi connectivity index (χ4v) is 14.1. The van der Waals surface area contributed by atoms with E-state index in [1.807, 2.05) is 54.6 Å². The molecule has 0 aliphatic heterocycles. The summed E-state index contributed by atoms with van der Waals surface area (Å²) in [4.78, 5) is 75.8. The molecule has 6 aromatic carbocycles. The summed E-state index contributed by atoms with van der Waals surface area (Å²) in [6.45, 7) is 5.14. The van der Waals surface area contributed by atoms with E-state index in [1.54, 1.807) is 75.4 Å². The molecule has 93 heavy (non-hydrogen) atoms. The Bertz CT molecular complexity index is 3590. The number of benzene rings is 6. The molecule has 0 bridgehead atoms. The van der Waals surface area contributed by atoms with Crippen molar-refractivity contribution in [1.29, 1.82) is 0 Å². The normalized spacial score (nSPS) is 19.3. The van der Waals surface area contributed by atoms with Crippen LogP contribution in [0, 0.1) is 17.8 Å². The number of nitrogens with one attached hydrogen (secondary N) is 5. The van der Waals surface area contributed by atoms with Gasteiger partial charge in [-0.05, 0) is 204 Å². The van der Waals surface area contributed by atoms with Gasteiger partial charge in [-0.15, -0.1) is 12.4 Å². The lowest BCUT2D eigenvalue weighted by molar-refractivity contribution is -0.129. The summed E-state index contributed by atoms with van der Waals surface area (Å²) in [6, 6.07) is 43.9. The van der Waals surface area contributed by atoms with E-state index in [4.69, 9.17) is 40.5 Å². The number of Topliss-reactive ketones (excluding diaryl/α,β-unsaturated/α-hetero) is 3. The van der Waals surface area contributed by atoms with Crippen molar-refractivity contribution in [2.75, 3.05) is 27.7 Å². The minimum atomic E-state index is -3.45. The monoisotopic (exact) mass is 1390 g/mol. The average Bonchev–Trinajstić information content (AvgIpc) is 1.89. The molecule has 0 spiro atoms. The molecule has 500 valence electrons. The number of nitrogen functional groups attached to an aromatic ring is 1. The summed E-state index contributed by atoms with van der Waals surface area (Å²) < 4.78 is 51.2. The van der Waals surface area contributed by atoms with E-state index in [2.05, 4.69) is 61.8 Å². The number of halogens is 4. The van der Waals surface area contributed by atoms with Gasteiger partial charge in [-0.1, -0.05) is 126 Å². The van der Waals surface area contributed by atoms with Crippen LogP contribution in [0.4, 0.5) is 17.1 Å². The first-order valence-corrected chi connectivity index (χ1v) is 36.3. The van der Waals surface area contributed by atoms with Gasteiger partial charge in [0.25, 0.3) is 0 Å². The number of carbonyl (C=O) groups is 6. The lowest BCUT2D eigenvalue weighted by Gasteiger charge is -2.17. The molecule has 6 aromatic rings. The standard InChI is InChI=1S/2C24H29ClN2O4S.C23H27ClN2O2.ClH/c2*1-16(26-24(29)20-9-8-18(14-20)17-6-4-3-5-7-17)23(28)13-10-19-15-21(25)11-12-22(19)27-32(2,30)31;1-15(22(27)12-9-18-14-20(24)10-11-21(18)25)26-23(28)19-8-7-17(13-19)16-5-3-2-4-6-16;/h2*3-7,11-12,15-16,18,20,27H,8-10,13-14H2,1-2H3,(H,26,29);2-6,10-11,14-15,17,19H,7-9,12-13,25H2,1H3,(H,26,28);1H/t2*16-,18+,20+;15-,17+,19+;/m000./s1. The molecule has 0 radical (unpaired) electrons. The molecule has 0 saturated heterocycles. The summed E-state index contributed by atoms with van der Waals surface area (Å²) in [5, 5.41) is 10.2. The average molecular weight is 1390 g/mol. The van der Waals surface area contributed by atoms with E-state index in [1.165, 1.54) is 16.7 Å². The van der Waals surface area contributed by atoms with Crippen LogP contribution in [-0.2, 0) is 68.1 Å². The number of hydrogen-bond donors (Lipinski definition) is 6. The van der Waals surface area contributed by atoms with Gasteiger partial charge in [0.1, 0.15) is 0 Å². The molecule has 3 saturated carbocycles. The largest absolute Gasteiger partial charge is 0.399 e. The molecular formula is C71H86Cl4N6O10S2. The highest BCUT2D eigenvalue weighted by atomic mass is 35.5. The van der Waals surface area contributed by atoms with Crippen molar-refractivity contribution >= 4 is 119 Å². The highest BCUT2D eigenvalue weighted by molar-refractivity contribution is 7.92. The van der Waals surface area contributed by atoms with E-state index < -0.39 is 38.2 Å². The van der Waals surface area contributed by atoms with E-state index in [0.29, 0.717) is 86.7 Å². The highest BCUT2D eigenvalue weighted by Gasteiger charge is 2.35. The maximum atomic E-state index is 12.7. The second-order valence-corrected chi connectivity index (χ2v) is 29.4. The Kier molecular flexibility index (Phi) is 28.8. The van der Waals surface area contributed by atoms with E-state index in [0.717, 1.165) is 75.9 Å². The number of amides is 3. The number of ketones is 3. The Hall–Kier alpha value is -6.80. The van der Waals surface area contributed by atoms with Gasteiger partial charge in [-0.25, -0.2) is 16.8 Å². The minimum Gasteiger partial charge on any atom is -0.399 e. The van der Waals surface area contributed by atoms with Crippen molar-refractivity contribution in [1.82, 2.24) is 16.0 Å². The predicted molar refractivity (Wildman–Crippen MR) is 375 cm³/mol. The van der Waals surface area contributed by atoms with Crippen molar-refractivity contribution in [3.05, 3.63) is 194 Å². The number of nitrogens with two attached hydrogens (primary N) is 1. The van der Waals surface area contributed by atoms with Crippen LogP contribution >= 0.6 is 47.2 Å². The minimum absolute atomic E-state index is 0. The molecule has 0 aromatic heterocycles. The van der Waals surface area contributed by atoms with Crippen LogP contribution in [0.15, 0.2) is 146 Å². The molecule has 9 rings (SSSR count). The van der Waals surface area contributed by atoms with Crippen LogP contribution in [0.3, 0.4) is 0 Å².